The molecule has 0 nitrogen and oxygen atoms in total. The van der Waals surface area contributed by atoms with E-state index >= 15 is 0 Å². The third-order valence-corrected chi connectivity index (χ3v) is 4.81. The number of hydrogen-bond acceptors (Lipinski definition) is 0. The molecule has 98 valence electrons. The Balaban J connectivity index is 3.98. The van der Waals surface area contributed by atoms with E-state index in [9.17, 15) is 0 Å². The van der Waals surface area contributed by atoms with E-state index in [4.69, 9.17) is 0 Å². The summed E-state index contributed by atoms with van der Waals surface area (Å²) in [5.41, 5.74) is 0.485. The van der Waals surface area contributed by atoms with Crippen LogP contribution in [0.3, 0.4) is 0 Å². The van der Waals surface area contributed by atoms with Gasteiger partial charge in [-0.1, -0.05) is 74.1 Å². The van der Waals surface area contributed by atoms with Gasteiger partial charge in [0, 0.05) is 0 Å². The van der Waals surface area contributed by atoms with Crippen LogP contribution in [0.5, 0.6) is 0 Å². The summed E-state index contributed by atoms with van der Waals surface area (Å²) >= 11 is 0. The molecule has 2 atom stereocenters. The second-order valence-electron chi connectivity index (χ2n) is 6.71. The van der Waals surface area contributed by atoms with E-state index in [-0.39, 0.29) is 0 Å². The molecule has 0 aromatic carbocycles. The first-order valence-corrected chi connectivity index (χ1v) is 7.32. The van der Waals surface area contributed by atoms with E-state index in [1.807, 2.05) is 0 Å². The van der Waals surface area contributed by atoms with Crippen molar-refractivity contribution in [1.82, 2.24) is 0 Å². The molecule has 0 amide bonds. The topological polar surface area (TPSA) is 0 Å². The SMILES string of the molecule is CCCCCC(C)CC(C)C(C)(C)C(C)C. The molecule has 0 saturated heterocycles. The average Bonchev–Trinajstić information content (AvgIpc) is 2.17. The van der Waals surface area contributed by atoms with Gasteiger partial charge in [0.1, 0.15) is 0 Å². The fourth-order valence-electron chi connectivity index (χ4n) is 2.34. The van der Waals surface area contributed by atoms with Gasteiger partial charge in [0.25, 0.3) is 0 Å². The Morgan fingerprint density at radius 2 is 1.50 bits per heavy atom. The third kappa shape index (κ3) is 5.37. The quantitative estimate of drug-likeness (QED) is 0.451. The van der Waals surface area contributed by atoms with Crippen LogP contribution in [-0.4, -0.2) is 0 Å². The first-order valence-electron chi connectivity index (χ1n) is 7.32. The first-order chi connectivity index (χ1) is 7.32. The van der Waals surface area contributed by atoms with Gasteiger partial charge in [-0.3, -0.25) is 0 Å². The van der Waals surface area contributed by atoms with Gasteiger partial charge in [-0.15, -0.1) is 0 Å². The van der Waals surface area contributed by atoms with Crippen molar-refractivity contribution in [3.05, 3.63) is 0 Å². The molecule has 0 aromatic heterocycles. The second-order valence-corrected chi connectivity index (χ2v) is 6.71. The predicted octanol–water partition coefficient (Wildman–Crippen LogP) is 5.91. The maximum absolute atomic E-state index is 2.44. The minimum absolute atomic E-state index is 0.485. The maximum Gasteiger partial charge on any atom is -0.0305 e. The van der Waals surface area contributed by atoms with Crippen LogP contribution in [0, 0.1) is 23.2 Å². The first kappa shape index (κ1) is 16.0. The van der Waals surface area contributed by atoms with Gasteiger partial charge in [0.15, 0.2) is 0 Å². The van der Waals surface area contributed by atoms with Crippen LogP contribution in [0.4, 0.5) is 0 Å². The summed E-state index contributed by atoms with van der Waals surface area (Å²) in [6.45, 7) is 16.7. The standard InChI is InChI=1S/C16H34/c1-8-9-10-11-14(4)12-15(5)16(6,7)13(2)3/h13-15H,8-12H2,1-7H3. The van der Waals surface area contributed by atoms with Crippen LogP contribution < -0.4 is 0 Å². The Bertz CT molecular complexity index is 167. The molecule has 0 aliphatic rings. The van der Waals surface area contributed by atoms with Crippen LogP contribution in [0.2, 0.25) is 0 Å². The van der Waals surface area contributed by atoms with Crippen molar-refractivity contribution in [3.8, 4) is 0 Å². The molecule has 0 aliphatic heterocycles. The highest BCUT2D eigenvalue weighted by Crippen LogP contribution is 2.38. The highest BCUT2D eigenvalue weighted by atomic mass is 14.3. The minimum atomic E-state index is 0.485. The molecule has 0 N–H and O–H groups in total. The molecule has 0 radical (unpaired) electrons. The van der Waals surface area contributed by atoms with Crippen LogP contribution >= 0.6 is 0 Å². The molecule has 0 rings (SSSR count). The molecule has 0 heterocycles. The molecule has 0 spiro atoms. The van der Waals surface area contributed by atoms with Crippen LogP contribution in [0.15, 0.2) is 0 Å². The van der Waals surface area contributed by atoms with Crippen molar-refractivity contribution in [3.63, 3.8) is 0 Å². The molecule has 0 heteroatoms. The van der Waals surface area contributed by atoms with E-state index in [2.05, 4.69) is 48.5 Å². The zero-order chi connectivity index (χ0) is 12.8. The smallest absolute Gasteiger partial charge is 0.0305 e. The lowest BCUT2D eigenvalue weighted by atomic mass is 9.68. The fraction of sp³-hybridized carbons (Fsp3) is 1.00. The van der Waals surface area contributed by atoms with Crippen molar-refractivity contribution in [2.75, 3.05) is 0 Å². The van der Waals surface area contributed by atoms with Crippen LogP contribution in [0.1, 0.15) is 80.6 Å². The number of hydrogen-bond donors (Lipinski definition) is 0. The monoisotopic (exact) mass is 226 g/mol. The zero-order valence-corrected chi connectivity index (χ0v) is 12.8. The summed E-state index contributed by atoms with van der Waals surface area (Å²) in [6.07, 6.45) is 7.00. The number of unbranched alkanes of at least 4 members (excludes halogenated alkanes) is 2. The largest absolute Gasteiger partial charge is 0.0654 e. The lowest BCUT2D eigenvalue weighted by Gasteiger charge is -2.37. The third-order valence-electron chi connectivity index (χ3n) is 4.81. The van der Waals surface area contributed by atoms with Crippen molar-refractivity contribution < 1.29 is 0 Å². The van der Waals surface area contributed by atoms with Crippen LogP contribution in [0.25, 0.3) is 0 Å². The van der Waals surface area contributed by atoms with Gasteiger partial charge in [0.2, 0.25) is 0 Å². The maximum atomic E-state index is 2.44. The fourth-order valence-corrected chi connectivity index (χ4v) is 2.34. The van der Waals surface area contributed by atoms with E-state index in [1.54, 1.807) is 0 Å². The Morgan fingerprint density at radius 3 is 1.94 bits per heavy atom. The normalized spacial score (nSPS) is 16.5. The minimum Gasteiger partial charge on any atom is -0.0654 e. The van der Waals surface area contributed by atoms with E-state index in [0.29, 0.717) is 5.41 Å². The second kappa shape index (κ2) is 7.35. The molecular formula is C16H34. The molecule has 0 saturated carbocycles. The van der Waals surface area contributed by atoms with Gasteiger partial charge in [-0.05, 0) is 29.6 Å². The van der Waals surface area contributed by atoms with Crippen molar-refractivity contribution in [1.29, 1.82) is 0 Å². The molecule has 0 aromatic rings. The molecule has 0 aliphatic carbocycles. The van der Waals surface area contributed by atoms with E-state index in [1.165, 1.54) is 32.1 Å². The number of rotatable bonds is 8. The molecule has 0 bridgehead atoms. The lowest BCUT2D eigenvalue weighted by molar-refractivity contribution is 0.127. The molecular weight excluding hydrogens is 192 g/mol. The average molecular weight is 226 g/mol. The summed E-state index contributed by atoms with van der Waals surface area (Å²) in [5, 5.41) is 0. The van der Waals surface area contributed by atoms with Crippen molar-refractivity contribution in [2.45, 2.75) is 80.6 Å². The van der Waals surface area contributed by atoms with Gasteiger partial charge in [-0.2, -0.15) is 0 Å². The van der Waals surface area contributed by atoms with E-state index < -0.39 is 0 Å². The highest BCUT2D eigenvalue weighted by molar-refractivity contribution is 4.79. The predicted molar refractivity (Wildman–Crippen MR) is 75.7 cm³/mol. The van der Waals surface area contributed by atoms with Crippen molar-refractivity contribution >= 4 is 0 Å². The summed E-state index contributed by atoms with van der Waals surface area (Å²) in [6, 6.07) is 0. The van der Waals surface area contributed by atoms with Gasteiger partial charge >= 0.3 is 0 Å². The zero-order valence-electron chi connectivity index (χ0n) is 12.8. The Morgan fingerprint density at radius 1 is 0.938 bits per heavy atom. The Kier molecular flexibility index (Phi) is 7.35. The summed E-state index contributed by atoms with van der Waals surface area (Å²) < 4.78 is 0. The molecule has 0 fully saturated rings. The summed E-state index contributed by atoms with van der Waals surface area (Å²) in [4.78, 5) is 0. The van der Waals surface area contributed by atoms with Crippen molar-refractivity contribution in [2.24, 2.45) is 23.2 Å². The lowest BCUT2D eigenvalue weighted by Crippen LogP contribution is -2.28. The van der Waals surface area contributed by atoms with Gasteiger partial charge < -0.3 is 0 Å². The highest BCUT2D eigenvalue weighted by Gasteiger charge is 2.29. The summed E-state index contributed by atoms with van der Waals surface area (Å²) in [5.74, 6) is 2.52. The van der Waals surface area contributed by atoms with Gasteiger partial charge in [-0.25, -0.2) is 0 Å². The van der Waals surface area contributed by atoms with E-state index in [0.717, 1.165) is 17.8 Å². The Hall–Kier alpha value is 0. The summed E-state index contributed by atoms with van der Waals surface area (Å²) in [7, 11) is 0. The Labute approximate surface area is 104 Å². The van der Waals surface area contributed by atoms with Crippen LogP contribution in [-0.2, 0) is 0 Å². The molecule has 16 heavy (non-hydrogen) atoms. The van der Waals surface area contributed by atoms with Gasteiger partial charge in [0.05, 0.1) is 0 Å². The molecule has 2 unspecified atom stereocenters.